The molecule has 0 spiro atoms. The van der Waals surface area contributed by atoms with Crippen LogP contribution in [0.3, 0.4) is 0 Å². The van der Waals surface area contributed by atoms with Crippen LogP contribution in [0.2, 0.25) is 0 Å². The van der Waals surface area contributed by atoms with Crippen molar-refractivity contribution in [3.8, 4) is 0 Å². The molecule has 0 aromatic rings. The largest absolute Gasteiger partial charge is 0.462 e. The molecule has 0 aliphatic rings. The van der Waals surface area contributed by atoms with Gasteiger partial charge in [0.15, 0.2) is 0 Å². The molecule has 0 heterocycles. The molecule has 0 aromatic heterocycles. The number of carbonyl (C=O) groups excluding carboxylic acids is 2. The zero-order valence-electron chi connectivity index (χ0n) is 11.1. The normalized spacial score (nSPS) is 8.61. The zero-order chi connectivity index (χ0) is 14.4. The van der Waals surface area contributed by atoms with Gasteiger partial charge in [-0.1, -0.05) is 26.5 Å². The highest BCUT2D eigenvalue weighted by Crippen LogP contribution is 1.94. The maximum absolute atomic E-state index is 10.7. The number of aliphatic hydroxyl groups is 1. The van der Waals surface area contributed by atoms with E-state index in [1.165, 1.54) is 0 Å². The van der Waals surface area contributed by atoms with E-state index >= 15 is 0 Å². The molecule has 5 heteroatoms. The first-order valence-corrected chi connectivity index (χ1v) is 5.72. The number of hydrogen-bond donors (Lipinski definition) is 1. The first kappa shape index (κ1) is 18.7. The summed E-state index contributed by atoms with van der Waals surface area (Å²) < 4.78 is 9.14. The van der Waals surface area contributed by atoms with Crippen LogP contribution in [-0.2, 0) is 19.1 Å². The van der Waals surface area contributed by atoms with Crippen molar-refractivity contribution in [2.24, 2.45) is 0 Å². The quantitative estimate of drug-likeness (QED) is 0.426. The lowest BCUT2D eigenvalue weighted by atomic mass is 10.3. The second kappa shape index (κ2) is 13.4. The van der Waals surface area contributed by atoms with Crippen LogP contribution in [0.4, 0.5) is 0 Å². The second-order valence-corrected chi connectivity index (χ2v) is 3.37. The summed E-state index contributed by atoms with van der Waals surface area (Å²) in [6.45, 7) is 10.7. The standard InChI is InChI=1S/C8H14O2.C5H8O3/c1-4-5-6-10-8(9)7(2)3;1-2-5(7)8-4-3-6/h2,4-6H2,1,3H3;2,6H,1,3-4H2. The zero-order valence-corrected chi connectivity index (χ0v) is 11.1. The fourth-order valence-corrected chi connectivity index (χ4v) is 0.638. The molecular formula is C13H22O5. The van der Waals surface area contributed by atoms with Gasteiger partial charge in [0.2, 0.25) is 0 Å². The molecule has 0 saturated heterocycles. The first-order valence-electron chi connectivity index (χ1n) is 5.72. The van der Waals surface area contributed by atoms with Gasteiger partial charge < -0.3 is 14.6 Å². The van der Waals surface area contributed by atoms with Gasteiger partial charge in [0, 0.05) is 11.6 Å². The molecule has 0 amide bonds. The summed E-state index contributed by atoms with van der Waals surface area (Å²) in [5, 5.41) is 8.10. The van der Waals surface area contributed by atoms with E-state index in [0.29, 0.717) is 12.2 Å². The Kier molecular flexibility index (Phi) is 14.0. The molecule has 0 aromatic carbocycles. The molecule has 0 aliphatic carbocycles. The topological polar surface area (TPSA) is 72.8 Å². The molecule has 18 heavy (non-hydrogen) atoms. The lowest BCUT2D eigenvalue weighted by Gasteiger charge is -2.01. The van der Waals surface area contributed by atoms with E-state index in [4.69, 9.17) is 9.84 Å². The highest BCUT2D eigenvalue weighted by Gasteiger charge is 2.00. The summed E-state index contributed by atoms with van der Waals surface area (Å²) in [4.78, 5) is 20.8. The maximum atomic E-state index is 10.7. The van der Waals surface area contributed by atoms with Gasteiger partial charge in [-0.05, 0) is 13.3 Å². The Morgan fingerprint density at radius 2 is 1.89 bits per heavy atom. The van der Waals surface area contributed by atoms with Crippen molar-refractivity contribution in [3.63, 3.8) is 0 Å². The van der Waals surface area contributed by atoms with Gasteiger partial charge in [-0.2, -0.15) is 0 Å². The Labute approximate surface area is 108 Å². The molecule has 104 valence electrons. The molecule has 0 aliphatic heterocycles. The number of carbonyl (C=O) groups is 2. The number of unbranched alkanes of at least 4 members (excludes halogenated alkanes) is 1. The van der Waals surface area contributed by atoms with Gasteiger partial charge in [-0.3, -0.25) is 0 Å². The third-order valence-corrected chi connectivity index (χ3v) is 1.58. The van der Waals surface area contributed by atoms with E-state index in [-0.39, 0.29) is 19.2 Å². The van der Waals surface area contributed by atoms with Crippen molar-refractivity contribution >= 4 is 11.9 Å². The lowest BCUT2D eigenvalue weighted by Crippen LogP contribution is -2.05. The molecule has 5 nitrogen and oxygen atoms in total. The number of hydrogen-bond acceptors (Lipinski definition) is 5. The van der Waals surface area contributed by atoms with Crippen molar-refractivity contribution in [1.82, 2.24) is 0 Å². The number of ether oxygens (including phenoxy) is 2. The highest BCUT2D eigenvalue weighted by molar-refractivity contribution is 5.86. The lowest BCUT2D eigenvalue weighted by molar-refractivity contribution is -0.139. The predicted molar refractivity (Wildman–Crippen MR) is 68.9 cm³/mol. The fraction of sp³-hybridized carbons (Fsp3) is 0.538. The Hall–Kier alpha value is -1.62. The molecule has 0 atom stereocenters. The number of rotatable bonds is 7. The van der Waals surface area contributed by atoms with Gasteiger partial charge in [-0.25, -0.2) is 9.59 Å². The van der Waals surface area contributed by atoms with E-state index in [9.17, 15) is 9.59 Å². The molecule has 1 N–H and O–H groups in total. The smallest absolute Gasteiger partial charge is 0.333 e. The van der Waals surface area contributed by atoms with Gasteiger partial charge in [0.05, 0.1) is 13.2 Å². The van der Waals surface area contributed by atoms with E-state index in [1.54, 1.807) is 6.92 Å². The van der Waals surface area contributed by atoms with Crippen molar-refractivity contribution in [2.75, 3.05) is 19.8 Å². The Morgan fingerprint density at radius 3 is 2.28 bits per heavy atom. The van der Waals surface area contributed by atoms with Gasteiger partial charge >= 0.3 is 11.9 Å². The number of aliphatic hydroxyl groups excluding tert-OH is 1. The Balaban J connectivity index is 0. The fourth-order valence-electron chi connectivity index (χ4n) is 0.638. The first-order chi connectivity index (χ1) is 8.49. The summed E-state index contributed by atoms with van der Waals surface area (Å²) in [7, 11) is 0. The molecule has 0 unspecified atom stereocenters. The van der Waals surface area contributed by atoms with Gasteiger partial charge in [-0.15, -0.1) is 0 Å². The van der Waals surface area contributed by atoms with Crippen LogP contribution >= 0.6 is 0 Å². The molecular weight excluding hydrogens is 236 g/mol. The van der Waals surface area contributed by atoms with Crippen LogP contribution < -0.4 is 0 Å². The molecule has 0 rings (SSSR count). The van der Waals surface area contributed by atoms with Gasteiger partial charge in [0.1, 0.15) is 6.61 Å². The Bertz CT molecular complexity index is 271. The highest BCUT2D eigenvalue weighted by atomic mass is 16.5. The maximum Gasteiger partial charge on any atom is 0.333 e. The summed E-state index contributed by atoms with van der Waals surface area (Å²) in [5.41, 5.74) is 0.469. The van der Waals surface area contributed by atoms with E-state index in [1.807, 2.05) is 0 Å². The summed E-state index contributed by atoms with van der Waals surface area (Å²) in [6.07, 6.45) is 3.03. The Morgan fingerprint density at radius 1 is 1.28 bits per heavy atom. The predicted octanol–water partition coefficient (Wildman–Crippen LogP) is 1.61. The molecule has 0 saturated carbocycles. The summed E-state index contributed by atoms with van der Waals surface area (Å²) >= 11 is 0. The summed E-state index contributed by atoms with van der Waals surface area (Å²) in [6, 6.07) is 0. The third-order valence-electron chi connectivity index (χ3n) is 1.58. The van der Waals surface area contributed by atoms with Crippen LogP contribution in [0.15, 0.2) is 24.8 Å². The molecule has 0 fully saturated rings. The number of esters is 2. The van der Waals surface area contributed by atoms with Crippen molar-refractivity contribution in [2.45, 2.75) is 26.7 Å². The van der Waals surface area contributed by atoms with Crippen LogP contribution in [0.25, 0.3) is 0 Å². The SMILES string of the molecule is C=C(C)C(=O)OCCCC.C=CC(=O)OCCO. The van der Waals surface area contributed by atoms with Crippen LogP contribution in [0.1, 0.15) is 26.7 Å². The average molecular weight is 258 g/mol. The van der Waals surface area contributed by atoms with Gasteiger partial charge in [0.25, 0.3) is 0 Å². The summed E-state index contributed by atoms with van der Waals surface area (Å²) in [5.74, 6) is -0.785. The second-order valence-electron chi connectivity index (χ2n) is 3.37. The van der Waals surface area contributed by atoms with Crippen LogP contribution in [-0.4, -0.2) is 36.9 Å². The van der Waals surface area contributed by atoms with Crippen LogP contribution in [0.5, 0.6) is 0 Å². The minimum Gasteiger partial charge on any atom is -0.462 e. The van der Waals surface area contributed by atoms with E-state index in [0.717, 1.165) is 18.9 Å². The molecule has 0 bridgehead atoms. The monoisotopic (exact) mass is 258 g/mol. The van der Waals surface area contributed by atoms with Crippen molar-refractivity contribution in [3.05, 3.63) is 24.8 Å². The minimum atomic E-state index is -0.501. The molecule has 0 radical (unpaired) electrons. The van der Waals surface area contributed by atoms with E-state index < -0.39 is 5.97 Å². The average Bonchev–Trinajstić information content (AvgIpc) is 2.36. The van der Waals surface area contributed by atoms with Crippen molar-refractivity contribution < 1.29 is 24.2 Å². The van der Waals surface area contributed by atoms with E-state index in [2.05, 4.69) is 24.8 Å². The van der Waals surface area contributed by atoms with Crippen molar-refractivity contribution in [1.29, 1.82) is 0 Å². The minimum absolute atomic E-state index is 0.0465. The van der Waals surface area contributed by atoms with Crippen LogP contribution in [0, 0.1) is 0 Å². The third kappa shape index (κ3) is 14.4.